The molecule has 1 nitrogen and oxygen atoms in total. The quantitative estimate of drug-likeness (QED) is 0.166. The van der Waals surface area contributed by atoms with E-state index in [2.05, 4.69) is 221 Å². The summed E-state index contributed by atoms with van der Waals surface area (Å²) in [5, 5.41) is 0. The van der Waals surface area contributed by atoms with Crippen molar-refractivity contribution in [3.63, 3.8) is 0 Å². The standard InChI is InChI=1S/C54H43N/c1-53(2)48-19-11-8-17-44(48)46-32-26-39(34-50(46)53)36-22-28-41(29-23-36)55(52-21-13-10-16-43(52)38-14-6-5-7-15-38)42-30-24-37(25-31-42)40-27-33-47-45-18-9-12-20-49(45)54(3,4)51(47)35-40/h5-35H,1-4H3. The second-order valence-corrected chi connectivity index (χ2v) is 16.2. The Morgan fingerprint density at radius 3 is 1.16 bits per heavy atom. The van der Waals surface area contributed by atoms with Gasteiger partial charge in [-0.15, -0.1) is 0 Å². The zero-order chi connectivity index (χ0) is 37.3. The van der Waals surface area contributed by atoms with Crippen LogP contribution in [-0.2, 0) is 10.8 Å². The lowest BCUT2D eigenvalue weighted by Crippen LogP contribution is -2.14. The zero-order valence-corrected chi connectivity index (χ0v) is 31.8. The molecule has 2 aliphatic carbocycles. The van der Waals surface area contributed by atoms with Crippen LogP contribution in [0.25, 0.3) is 55.6 Å². The van der Waals surface area contributed by atoms with E-state index in [1.54, 1.807) is 0 Å². The van der Waals surface area contributed by atoms with Crippen LogP contribution in [0, 0.1) is 0 Å². The number of anilines is 3. The lowest BCUT2D eigenvalue weighted by atomic mass is 9.81. The first-order valence-corrected chi connectivity index (χ1v) is 19.4. The molecular formula is C54H43N. The summed E-state index contributed by atoms with van der Waals surface area (Å²) >= 11 is 0. The average Bonchev–Trinajstić information content (AvgIpc) is 3.61. The normalized spacial score (nSPS) is 14.1. The lowest BCUT2D eigenvalue weighted by molar-refractivity contribution is 0.660. The average molecular weight is 706 g/mol. The van der Waals surface area contributed by atoms with Gasteiger partial charge in [0.15, 0.2) is 0 Å². The molecule has 10 rings (SSSR count). The second-order valence-electron chi connectivity index (χ2n) is 16.2. The van der Waals surface area contributed by atoms with Crippen LogP contribution in [0.5, 0.6) is 0 Å². The Hall–Kier alpha value is -6.44. The van der Waals surface area contributed by atoms with Crippen molar-refractivity contribution in [2.75, 3.05) is 4.90 Å². The van der Waals surface area contributed by atoms with E-state index in [1.807, 2.05) is 0 Å². The highest BCUT2D eigenvalue weighted by Crippen LogP contribution is 2.51. The number of hydrogen-bond acceptors (Lipinski definition) is 1. The Morgan fingerprint density at radius 2 is 0.673 bits per heavy atom. The predicted octanol–water partition coefficient (Wildman–Crippen LogP) is 14.8. The van der Waals surface area contributed by atoms with Crippen molar-refractivity contribution in [3.8, 4) is 55.6 Å². The minimum absolute atomic E-state index is 0.0347. The van der Waals surface area contributed by atoms with Crippen LogP contribution < -0.4 is 4.90 Å². The molecule has 0 bridgehead atoms. The molecule has 2 aliphatic rings. The van der Waals surface area contributed by atoms with E-state index >= 15 is 0 Å². The molecule has 0 atom stereocenters. The maximum absolute atomic E-state index is 2.41. The third kappa shape index (κ3) is 5.29. The first kappa shape index (κ1) is 33.2. The highest BCUT2D eigenvalue weighted by atomic mass is 15.1. The second kappa shape index (κ2) is 12.6. The van der Waals surface area contributed by atoms with E-state index in [4.69, 9.17) is 0 Å². The summed E-state index contributed by atoms with van der Waals surface area (Å²) in [4.78, 5) is 2.40. The molecule has 8 aromatic carbocycles. The number of rotatable bonds is 6. The molecule has 0 heterocycles. The van der Waals surface area contributed by atoms with Crippen molar-refractivity contribution in [2.24, 2.45) is 0 Å². The van der Waals surface area contributed by atoms with Crippen LogP contribution in [-0.4, -0.2) is 0 Å². The summed E-state index contributed by atoms with van der Waals surface area (Å²) in [6.07, 6.45) is 0. The molecule has 0 radical (unpaired) electrons. The van der Waals surface area contributed by atoms with Gasteiger partial charge in [0, 0.05) is 27.8 Å². The van der Waals surface area contributed by atoms with E-state index < -0.39 is 0 Å². The van der Waals surface area contributed by atoms with Gasteiger partial charge in [-0.1, -0.05) is 173 Å². The summed E-state index contributed by atoms with van der Waals surface area (Å²) in [5.74, 6) is 0. The summed E-state index contributed by atoms with van der Waals surface area (Å²) in [5.41, 5.74) is 21.6. The summed E-state index contributed by atoms with van der Waals surface area (Å²) in [7, 11) is 0. The number of fused-ring (bicyclic) bond motifs is 6. The maximum Gasteiger partial charge on any atom is 0.0540 e. The van der Waals surface area contributed by atoms with Crippen LogP contribution in [0.3, 0.4) is 0 Å². The molecule has 55 heavy (non-hydrogen) atoms. The van der Waals surface area contributed by atoms with Crippen LogP contribution in [0.2, 0.25) is 0 Å². The molecule has 0 aromatic heterocycles. The van der Waals surface area contributed by atoms with Gasteiger partial charge in [0.2, 0.25) is 0 Å². The molecule has 264 valence electrons. The number of hydrogen-bond donors (Lipinski definition) is 0. The largest absolute Gasteiger partial charge is 0.310 e. The fraction of sp³-hybridized carbons (Fsp3) is 0.111. The maximum atomic E-state index is 2.41. The van der Waals surface area contributed by atoms with Gasteiger partial charge in [0.05, 0.1) is 5.69 Å². The van der Waals surface area contributed by atoms with Gasteiger partial charge in [-0.2, -0.15) is 0 Å². The summed E-state index contributed by atoms with van der Waals surface area (Å²) in [6.45, 7) is 9.40. The van der Waals surface area contributed by atoms with E-state index in [0.29, 0.717) is 0 Å². The van der Waals surface area contributed by atoms with Crippen LogP contribution in [0.15, 0.2) is 188 Å². The molecule has 0 spiro atoms. The Labute approximate surface area is 325 Å². The van der Waals surface area contributed by atoms with Crippen molar-refractivity contribution in [2.45, 2.75) is 38.5 Å². The number of nitrogens with zero attached hydrogens (tertiary/aromatic N) is 1. The predicted molar refractivity (Wildman–Crippen MR) is 233 cm³/mol. The number of benzene rings is 8. The van der Waals surface area contributed by atoms with E-state index in [1.165, 1.54) is 77.9 Å². The fourth-order valence-corrected chi connectivity index (χ4v) is 9.33. The Balaban J connectivity index is 1.04. The molecule has 0 N–H and O–H groups in total. The minimum Gasteiger partial charge on any atom is -0.310 e. The topological polar surface area (TPSA) is 3.24 Å². The zero-order valence-electron chi connectivity index (χ0n) is 31.8. The van der Waals surface area contributed by atoms with Crippen LogP contribution in [0.4, 0.5) is 17.1 Å². The SMILES string of the molecule is CC1(C)c2ccccc2-c2ccc(-c3ccc(N(c4ccc(-c5ccc6c(c5)C(C)(C)c5ccccc5-6)cc4)c4ccccc4-c4ccccc4)cc3)cc21. The Bertz CT molecular complexity index is 2580. The molecule has 0 amide bonds. The van der Waals surface area contributed by atoms with Crippen molar-refractivity contribution in [1.29, 1.82) is 0 Å². The first-order chi connectivity index (χ1) is 26.8. The van der Waals surface area contributed by atoms with Gasteiger partial charge >= 0.3 is 0 Å². The van der Waals surface area contributed by atoms with Gasteiger partial charge in [-0.25, -0.2) is 0 Å². The molecule has 0 aliphatic heterocycles. The van der Waals surface area contributed by atoms with Crippen molar-refractivity contribution < 1.29 is 0 Å². The third-order valence-corrected chi connectivity index (χ3v) is 12.3. The van der Waals surface area contributed by atoms with Crippen molar-refractivity contribution >= 4 is 17.1 Å². The van der Waals surface area contributed by atoms with Crippen LogP contribution in [0.1, 0.15) is 49.9 Å². The summed E-state index contributed by atoms with van der Waals surface area (Å²) < 4.78 is 0. The molecule has 0 fully saturated rings. The highest BCUT2D eigenvalue weighted by molar-refractivity contribution is 5.90. The van der Waals surface area contributed by atoms with E-state index in [-0.39, 0.29) is 10.8 Å². The summed E-state index contributed by atoms with van der Waals surface area (Å²) in [6, 6.07) is 69.4. The molecule has 0 saturated carbocycles. The Morgan fingerprint density at radius 1 is 0.291 bits per heavy atom. The molecule has 8 aromatic rings. The molecule has 0 unspecified atom stereocenters. The number of para-hydroxylation sites is 1. The van der Waals surface area contributed by atoms with Gasteiger partial charge < -0.3 is 4.90 Å². The van der Waals surface area contributed by atoms with Crippen molar-refractivity contribution in [3.05, 3.63) is 210 Å². The van der Waals surface area contributed by atoms with Crippen molar-refractivity contribution in [1.82, 2.24) is 0 Å². The Kier molecular flexibility index (Phi) is 7.58. The van der Waals surface area contributed by atoms with Gasteiger partial charge in [-0.05, 0) is 115 Å². The molecule has 1 heteroatoms. The molecular weight excluding hydrogens is 663 g/mol. The first-order valence-electron chi connectivity index (χ1n) is 19.4. The fourth-order valence-electron chi connectivity index (χ4n) is 9.33. The van der Waals surface area contributed by atoms with E-state index in [0.717, 1.165) is 17.1 Å². The minimum atomic E-state index is -0.0347. The van der Waals surface area contributed by atoms with Gasteiger partial charge in [0.25, 0.3) is 0 Å². The van der Waals surface area contributed by atoms with Crippen LogP contribution >= 0.6 is 0 Å². The monoisotopic (exact) mass is 705 g/mol. The molecule has 0 saturated heterocycles. The van der Waals surface area contributed by atoms with Gasteiger partial charge in [-0.3, -0.25) is 0 Å². The highest BCUT2D eigenvalue weighted by Gasteiger charge is 2.36. The van der Waals surface area contributed by atoms with Gasteiger partial charge in [0.1, 0.15) is 0 Å². The smallest absolute Gasteiger partial charge is 0.0540 e. The third-order valence-electron chi connectivity index (χ3n) is 12.3. The van der Waals surface area contributed by atoms with E-state index in [9.17, 15) is 0 Å². The lowest BCUT2D eigenvalue weighted by Gasteiger charge is -2.28.